The lowest BCUT2D eigenvalue weighted by molar-refractivity contribution is 0.728. The summed E-state index contributed by atoms with van der Waals surface area (Å²) in [5.41, 5.74) is 6.03. The number of benzene rings is 1. The molecule has 6 heteroatoms. The molecule has 24 heavy (non-hydrogen) atoms. The second kappa shape index (κ2) is 8.24. The number of guanidine groups is 1. The van der Waals surface area contributed by atoms with Gasteiger partial charge >= 0.3 is 0 Å². The molecule has 0 saturated carbocycles. The smallest absolute Gasteiger partial charge is 0.191 e. The second-order valence-corrected chi connectivity index (χ2v) is 6.72. The Morgan fingerprint density at radius 3 is 2.50 bits per heavy atom. The Hall–Kier alpha value is -1.95. The lowest BCUT2D eigenvalue weighted by atomic mass is 10.1. The highest BCUT2D eigenvalue weighted by atomic mass is 32.2. The molecule has 5 nitrogen and oxygen atoms in total. The van der Waals surface area contributed by atoms with Crippen LogP contribution in [0.5, 0.6) is 0 Å². The van der Waals surface area contributed by atoms with Crippen molar-refractivity contribution in [3.63, 3.8) is 0 Å². The maximum Gasteiger partial charge on any atom is 0.191 e. The van der Waals surface area contributed by atoms with Crippen molar-refractivity contribution >= 4 is 17.7 Å². The van der Waals surface area contributed by atoms with Crippen molar-refractivity contribution in [2.45, 2.75) is 38.8 Å². The molecule has 0 atom stereocenters. The number of aromatic nitrogens is 2. The van der Waals surface area contributed by atoms with Gasteiger partial charge in [-0.1, -0.05) is 12.1 Å². The van der Waals surface area contributed by atoms with Crippen molar-refractivity contribution in [3.05, 3.63) is 46.3 Å². The first kappa shape index (κ1) is 18.4. The highest BCUT2D eigenvalue weighted by Crippen LogP contribution is 2.21. The third kappa shape index (κ3) is 4.32. The van der Waals surface area contributed by atoms with Gasteiger partial charge in [0.15, 0.2) is 5.96 Å². The van der Waals surface area contributed by atoms with Crippen LogP contribution >= 0.6 is 11.8 Å². The van der Waals surface area contributed by atoms with E-state index in [1.165, 1.54) is 27.3 Å². The van der Waals surface area contributed by atoms with Crippen molar-refractivity contribution in [1.29, 1.82) is 0 Å². The number of hydrogen-bond acceptors (Lipinski definition) is 3. The minimum absolute atomic E-state index is 0.717. The fourth-order valence-electron chi connectivity index (χ4n) is 2.64. The standard InChI is InChI=1S/C18H27N5S/c1-12-7-8-15(17(9-12)24-6)10-20-18(19-4)21-11-16-13(2)22-23(5)14(16)3/h7-9H,10-11H2,1-6H3,(H2,19,20,21). The van der Waals surface area contributed by atoms with Crippen LogP contribution in [0.4, 0.5) is 0 Å². The molecule has 1 heterocycles. The first-order valence-electron chi connectivity index (χ1n) is 8.03. The summed E-state index contributed by atoms with van der Waals surface area (Å²) in [6.07, 6.45) is 2.11. The molecule has 0 radical (unpaired) electrons. The molecule has 2 N–H and O–H groups in total. The summed E-state index contributed by atoms with van der Waals surface area (Å²) < 4.78 is 1.92. The van der Waals surface area contributed by atoms with Gasteiger partial charge in [0.1, 0.15) is 0 Å². The average Bonchev–Trinajstić information content (AvgIpc) is 2.81. The predicted octanol–water partition coefficient (Wildman–Crippen LogP) is 2.93. The normalized spacial score (nSPS) is 11.7. The van der Waals surface area contributed by atoms with Crippen LogP contribution in [0.1, 0.15) is 28.1 Å². The van der Waals surface area contributed by atoms with Crippen molar-refractivity contribution < 1.29 is 0 Å². The van der Waals surface area contributed by atoms with Crippen molar-refractivity contribution in [1.82, 2.24) is 20.4 Å². The largest absolute Gasteiger partial charge is 0.352 e. The van der Waals surface area contributed by atoms with Crippen LogP contribution in [0, 0.1) is 20.8 Å². The molecule has 0 unspecified atom stereocenters. The van der Waals surface area contributed by atoms with E-state index in [9.17, 15) is 0 Å². The van der Waals surface area contributed by atoms with E-state index < -0.39 is 0 Å². The molecule has 0 bridgehead atoms. The molecule has 2 rings (SSSR count). The minimum atomic E-state index is 0.717. The molecule has 2 aromatic rings. The van der Waals surface area contributed by atoms with Gasteiger partial charge in [-0.25, -0.2) is 0 Å². The van der Waals surface area contributed by atoms with E-state index >= 15 is 0 Å². The Labute approximate surface area is 148 Å². The molecule has 1 aromatic carbocycles. The summed E-state index contributed by atoms with van der Waals surface area (Å²) in [7, 11) is 3.77. The van der Waals surface area contributed by atoms with E-state index in [-0.39, 0.29) is 0 Å². The van der Waals surface area contributed by atoms with Crippen LogP contribution < -0.4 is 10.6 Å². The maximum atomic E-state index is 4.45. The van der Waals surface area contributed by atoms with Crippen LogP contribution in [0.25, 0.3) is 0 Å². The van der Waals surface area contributed by atoms with Crippen molar-refractivity contribution in [2.75, 3.05) is 13.3 Å². The number of aliphatic imine (C=N–C) groups is 1. The zero-order valence-electron chi connectivity index (χ0n) is 15.4. The minimum Gasteiger partial charge on any atom is -0.352 e. The van der Waals surface area contributed by atoms with Gasteiger partial charge in [-0.2, -0.15) is 5.10 Å². The molecule has 0 amide bonds. The average molecular weight is 346 g/mol. The number of hydrogen-bond donors (Lipinski definition) is 2. The Bertz CT molecular complexity index is 733. The molecule has 0 aliphatic carbocycles. The van der Waals surface area contributed by atoms with E-state index in [1.54, 1.807) is 18.8 Å². The fraction of sp³-hybridized carbons (Fsp3) is 0.444. The molecule has 130 valence electrons. The van der Waals surface area contributed by atoms with E-state index in [1.807, 2.05) is 18.7 Å². The summed E-state index contributed by atoms with van der Waals surface area (Å²) in [6.45, 7) is 7.72. The predicted molar refractivity (Wildman–Crippen MR) is 103 cm³/mol. The topological polar surface area (TPSA) is 54.2 Å². The zero-order valence-corrected chi connectivity index (χ0v) is 16.2. The first-order valence-corrected chi connectivity index (χ1v) is 9.25. The van der Waals surface area contributed by atoms with Gasteiger partial charge in [0.05, 0.1) is 5.69 Å². The Kier molecular flexibility index (Phi) is 6.31. The van der Waals surface area contributed by atoms with E-state index in [4.69, 9.17) is 0 Å². The molecule has 0 saturated heterocycles. The SMILES string of the molecule is CN=C(NCc1ccc(C)cc1SC)NCc1c(C)nn(C)c1C. The number of aryl methyl sites for hydroxylation is 3. The molecular weight excluding hydrogens is 318 g/mol. The molecule has 0 spiro atoms. The van der Waals surface area contributed by atoms with Gasteiger partial charge in [-0.15, -0.1) is 11.8 Å². The second-order valence-electron chi connectivity index (χ2n) is 5.87. The van der Waals surface area contributed by atoms with Crippen molar-refractivity contribution in [2.24, 2.45) is 12.0 Å². The van der Waals surface area contributed by atoms with Crippen LogP contribution in [0.2, 0.25) is 0 Å². The zero-order chi connectivity index (χ0) is 17.7. The Morgan fingerprint density at radius 1 is 1.21 bits per heavy atom. The van der Waals surface area contributed by atoms with Crippen LogP contribution in [-0.2, 0) is 20.1 Å². The third-order valence-corrected chi connectivity index (χ3v) is 5.02. The number of nitrogens with one attached hydrogen (secondary N) is 2. The fourth-order valence-corrected chi connectivity index (χ4v) is 3.35. The monoisotopic (exact) mass is 345 g/mol. The van der Waals surface area contributed by atoms with E-state index in [0.29, 0.717) is 6.54 Å². The van der Waals surface area contributed by atoms with Crippen molar-refractivity contribution in [3.8, 4) is 0 Å². The molecule has 0 aliphatic rings. The summed E-state index contributed by atoms with van der Waals surface area (Å²) in [5, 5.41) is 11.2. The van der Waals surface area contributed by atoms with Gasteiger partial charge in [-0.3, -0.25) is 9.67 Å². The highest BCUT2D eigenvalue weighted by Gasteiger charge is 2.10. The van der Waals surface area contributed by atoms with E-state index in [0.717, 1.165) is 18.2 Å². The lowest BCUT2D eigenvalue weighted by Gasteiger charge is -2.14. The van der Waals surface area contributed by atoms with Gasteiger partial charge in [0, 0.05) is 43.3 Å². The van der Waals surface area contributed by atoms with Gasteiger partial charge < -0.3 is 10.6 Å². The van der Waals surface area contributed by atoms with Crippen LogP contribution in [-0.4, -0.2) is 29.0 Å². The molecular formula is C18H27N5S. The number of thioether (sulfide) groups is 1. The number of rotatable bonds is 5. The molecule has 1 aromatic heterocycles. The number of nitrogens with zero attached hydrogens (tertiary/aromatic N) is 3. The van der Waals surface area contributed by atoms with Crippen LogP contribution in [0.15, 0.2) is 28.1 Å². The summed E-state index contributed by atoms with van der Waals surface area (Å²) in [5.74, 6) is 0.797. The maximum absolute atomic E-state index is 4.45. The summed E-state index contributed by atoms with van der Waals surface area (Å²) >= 11 is 1.77. The van der Waals surface area contributed by atoms with Gasteiger partial charge in [0.25, 0.3) is 0 Å². The lowest BCUT2D eigenvalue weighted by Crippen LogP contribution is -2.36. The first-order chi connectivity index (χ1) is 11.5. The Morgan fingerprint density at radius 2 is 1.92 bits per heavy atom. The van der Waals surface area contributed by atoms with Gasteiger partial charge in [-0.05, 0) is 44.2 Å². The highest BCUT2D eigenvalue weighted by molar-refractivity contribution is 7.98. The Balaban J connectivity index is 1.98. The molecule has 0 fully saturated rings. The summed E-state index contributed by atoms with van der Waals surface area (Å²) in [6, 6.07) is 6.55. The molecule has 0 aliphatic heterocycles. The third-order valence-electron chi connectivity index (χ3n) is 4.20. The van der Waals surface area contributed by atoms with Gasteiger partial charge in [0.2, 0.25) is 0 Å². The summed E-state index contributed by atoms with van der Waals surface area (Å²) in [4.78, 5) is 5.62. The quantitative estimate of drug-likeness (QED) is 0.497. The van der Waals surface area contributed by atoms with E-state index in [2.05, 4.69) is 59.0 Å². The van der Waals surface area contributed by atoms with Crippen LogP contribution in [0.3, 0.4) is 0 Å².